The molecule has 2 aromatic rings. The highest BCUT2D eigenvalue weighted by molar-refractivity contribution is 7.99. The van der Waals surface area contributed by atoms with Crippen molar-refractivity contribution in [2.45, 2.75) is 17.5 Å². The molecule has 2 rings (SSSR count). The van der Waals surface area contributed by atoms with Gasteiger partial charge >= 0.3 is 0 Å². The average Bonchev–Trinajstić information content (AvgIpc) is 2.54. The molecule has 0 aliphatic rings. The molecule has 1 heterocycles. The lowest BCUT2D eigenvalue weighted by molar-refractivity contribution is 0.181. The Hall–Kier alpha value is -1.07. The van der Waals surface area contributed by atoms with E-state index in [9.17, 15) is 5.11 Å². The van der Waals surface area contributed by atoms with Crippen molar-refractivity contribution < 1.29 is 5.11 Å². The molecule has 0 aliphatic heterocycles. The molecular formula is C16H19ClN2OS. The molecule has 0 spiro atoms. The van der Waals surface area contributed by atoms with Gasteiger partial charge in [-0.2, -0.15) is 0 Å². The van der Waals surface area contributed by atoms with Gasteiger partial charge in [-0.05, 0) is 24.2 Å². The number of nitrogens with zero attached hydrogens (tertiary/aromatic N) is 1. The summed E-state index contributed by atoms with van der Waals surface area (Å²) in [6.07, 6.45) is 1.64. The molecular weight excluding hydrogens is 304 g/mol. The normalized spacial score (nSPS) is 13.9. The number of aliphatic hydroxyl groups excluding tert-OH is 1. The SMILES string of the molecule is CCNC(CO)(CSc1ccc(Cl)cn1)c1ccccc1. The van der Waals surface area contributed by atoms with Crippen molar-refractivity contribution in [1.29, 1.82) is 0 Å². The lowest BCUT2D eigenvalue weighted by atomic mass is 9.92. The van der Waals surface area contributed by atoms with Crippen LogP contribution in [0.4, 0.5) is 0 Å². The predicted molar refractivity (Wildman–Crippen MR) is 88.9 cm³/mol. The standard InChI is InChI=1S/C16H19ClN2OS/c1-2-19-16(11-20,13-6-4-3-5-7-13)12-21-15-9-8-14(17)10-18-15/h3-10,19-20H,2,11-12H2,1H3. The zero-order valence-electron chi connectivity index (χ0n) is 11.9. The number of aliphatic hydroxyl groups is 1. The maximum absolute atomic E-state index is 9.97. The fourth-order valence-electron chi connectivity index (χ4n) is 2.17. The molecule has 0 aliphatic carbocycles. The highest BCUT2D eigenvalue weighted by Crippen LogP contribution is 2.29. The van der Waals surface area contributed by atoms with Crippen LogP contribution in [0, 0.1) is 0 Å². The summed E-state index contributed by atoms with van der Waals surface area (Å²) in [7, 11) is 0. The van der Waals surface area contributed by atoms with Crippen LogP contribution in [0.25, 0.3) is 0 Å². The zero-order chi connectivity index (χ0) is 15.1. The predicted octanol–water partition coefficient (Wildman–Crippen LogP) is 3.32. The van der Waals surface area contributed by atoms with E-state index in [0.29, 0.717) is 10.8 Å². The van der Waals surface area contributed by atoms with Crippen LogP contribution in [0.15, 0.2) is 53.7 Å². The highest BCUT2D eigenvalue weighted by Gasteiger charge is 2.30. The second kappa shape index (κ2) is 7.80. The van der Waals surface area contributed by atoms with Crippen molar-refractivity contribution in [2.24, 2.45) is 0 Å². The molecule has 1 atom stereocenters. The van der Waals surface area contributed by atoms with E-state index in [2.05, 4.69) is 10.3 Å². The highest BCUT2D eigenvalue weighted by atomic mass is 35.5. The number of thioether (sulfide) groups is 1. The van der Waals surface area contributed by atoms with Gasteiger partial charge in [0.25, 0.3) is 0 Å². The smallest absolute Gasteiger partial charge is 0.0961 e. The summed E-state index contributed by atoms with van der Waals surface area (Å²) < 4.78 is 0. The van der Waals surface area contributed by atoms with Crippen LogP contribution >= 0.6 is 23.4 Å². The Bertz CT molecular complexity index is 550. The second-order valence-electron chi connectivity index (χ2n) is 4.74. The number of rotatable bonds is 7. The van der Waals surface area contributed by atoms with Crippen molar-refractivity contribution in [2.75, 3.05) is 18.9 Å². The van der Waals surface area contributed by atoms with Gasteiger partial charge in [-0.3, -0.25) is 0 Å². The van der Waals surface area contributed by atoms with Gasteiger partial charge in [-0.1, -0.05) is 48.9 Å². The fraction of sp³-hybridized carbons (Fsp3) is 0.312. The van der Waals surface area contributed by atoms with Crippen molar-refractivity contribution in [3.63, 3.8) is 0 Å². The van der Waals surface area contributed by atoms with E-state index in [-0.39, 0.29) is 6.61 Å². The molecule has 0 amide bonds. The summed E-state index contributed by atoms with van der Waals surface area (Å²) in [5.74, 6) is 0.690. The maximum Gasteiger partial charge on any atom is 0.0961 e. The fourth-order valence-corrected chi connectivity index (χ4v) is 3.33. The van der Waals surface area contributed by atoms with Gasteiger partial charge in [-0.15, -0.1) is 11.8 Å². The number of hydrogen-bond donors (Lipinski definition) is 2. The van der Waals surface area contributed by atoms with Gasteiger partial charge in [0, 0.05) is 11.9 Å². The summed E-state index contributed by atoms with van der Waals surface area (Å²) in [6.45, 7) is 2.86. The van der Waals surface area contributed by atoms with Gasteiger partial charge in [0.15, 0.2) is 0 Å². The van der Waals surface area contributed by atoms with E-state index < -0.39 is 5.54 Å². The topological polar surface area (TPSA) is 45.1 Å². The number of benzene rings is 1. The van der Waals surface area contributed by atoms with Gasteiger partial charge in [0.05, 0.1) is 22.2 Å². The number of aromatic nitrogens is 1. The van der Waals surface area contributed by atoms with E-state index in [1.807, 2.05) is 49.4 Å². The van der Waals surface area contributed by atoms with Crippen LogP contribution < -0.4 is 5.32 Å². The van der Waals surface area contributed by atoms with Crippen LogP contribution in [-0.2, 0) is 5.54 Å². The molecule has 0 radical (unpaired) electrons. The van der Waals surface area contributed by atoms with E-state index in [4.69, 9.17) is 11.6 Å². The summed E-state index contributed by atoms with van der Waals surface area (Å²) >= 11 is 7.45. The lowest BCUT2D eigenvalue weighted by Crippen LogP contribution is -2.47. The van der Waals surface area contributed by atoms with Crippen molar-refractivity contribution >= 4 is 23.4 Å². The third-order valence-electron chi connectivity index (χ3n) is 3.28. The minimum absolute atomic E-state index is 0.0332. The zero-order valence-corrected chi connectivity index (χ0v) is 13.5. The molecule has 2 N–H and O–H groups in total. The van der Waals surface area contributed by atoms with E-state index in [1.54, 1.807) is 18.0 Å². The average molecular weight is 323 g/mol. The van der Waals surface area contributed by atoms with Gasteiger partial charge < -0.3 is 10.4 Å². The van der Waals surface area contributed by atoms with Gasteiger partial charge in [0.1, 0.15) is 0 Å². The molecule has 0 saturated carbocycles. The largest absolute Gasteiger partial charge is 0.394 e. The van der Waals surface area contributed by atoms with E-state index in [0.717, 1.165) is 17.1 Å². The molecule has 1 unspecified atom stereocenters. The van der Waals surface area contributed by atoms with Gasteiger partial charge in [-0.25, -0.2) is 4.98 Å². The number of likely N-dealkylation sites (N-methyl/N-ethyl adjacent to an activating group) is 1. The van der Waals surface area contributed by atoms with Crippen molar-refractivity contribution in [1.82, 2.24) is 10.3 Å². The lowest BCUT2D eigenvalue weighted by Gasteiger charge is -2.33. The summed E-state index contributed by atoms with van der Waals surface area (Å²) in [5, 5.41) is 14.9. The number of nitrogens with one attached hydrogen (secondary N) is 1. The van der Waals surface area contributed by atoms with Crippen LogP contribution in [0.2, 0.25) is 5.02 Å². The van der Waals surface area contributed by atoms with Crippen LogP contribution in [0.5, 0.6) is 0 Å². The summed E-state index contributed by atoms with van der Waals surface area (Å²) in [6, 6.07) is 13.7. The third-order valence-corrected chi connectivity index (χ3v) is 4.68. The Morgan fingerprint density at radius 3 is 2.57 bits per heavy atom. The van der Waals surface area contributed by atoms with E-state index in [1.165, 1.54) is 0 Å². The second-order valence-corrected chi connectivity index (χ2v) is 6.17. The Morgan fingerprint density at radius 1 is 1.24 bits per heavy atom. The molecule has 0 saturated heterocycles. The molecule has 1 aromatic carbocycles. The van der Waals surface area contributed by atoms with Crippen LogP contribution in [-0.4, -0.2) is 29.0 Å². The minimum Gasteiger partial charge on any atom is -0.394 e. The molecule has 0 bridgehead atoms. The molecule has 0 fully saturated rings. The molecule has 112 valence electrons. The quantitative estimate of drug-likeness (QED) is 0.768. The Balaban J connectivity index is 2.18. The summed E-state index contributed by atoms with van der Waals surface area (Å²) in [4.78, 5) is 4.29. The van der Waals surface area contributed by atoms with Crippen molar-refractivity contribution in [3.8, 4) is 0 Å². The Labute approximate surface area is 134 Å². The Morgan fingerprint density at radius 2 is 2.00 bits per heavy atom. The first-order chi connectivity index (χ1) is 10.2. The summed E-state index contributed by atoms with van der Waals surface area (Å²) in [5.41, 5.74) is 0.609. The molecule has 5 heteroatoms. The molecule has 21 heavy (non-hydrogen) atoms. The van der Waals surface area contributed by atoms with Crippen molar-refractivity contribution in [3.05, 3.63) is 59.2 Å². The van der Waals surface area contributed by atoms with Crippen LogP contribution in [0.1, 0.15) is 12.5 Å². The first-order valence-corrected chi connectivity index (χ1v) is 8.22. The third kappa shape index (κ3) is 4.20. The Kier molecular flexibility index (Phi) is 6.06. The molecule has 1 aromatic heterocycles. The first-order valence-electron chi connectivity index (χ1n) is 6.86. The number of hydrogen-bond acceptors (Lipinski definition) is 4. The monoisotopic (exact) mass is 322 g/mol. The van der Waals surface area contributed by atoms with Crippen LogP contribution in [0.3, 0.4) is 0 Å². The molecule has 3 nitrogen and oxygen atoms in total. The van der Waals surface area contributed by atoms with E-state index >= 15 is 0 Å². The minimum atomic E-state index is -0.470. The maximum atomic E-state index is 9.97. The first kappa shape index (κ1) is 16.3. The number of pyridine rings is 1. The number of halogens is 1. The van der Waals surface area contributed by atoms with Gasteiger partial charge in [0.2, 0.25) is 0 Å².